The van der Waals surface area contributed by atoms with Crippen molar-refractivity contribution in [2.24, 2.45) is 7.05 Å². The van der Waals surface area contributed by atoms with Gasteiger partial charge in [0, 0.05) is 31.3 Å². The molecule has 0 saturated heterocycles. The lowest BCUT2D eigenvalue weighted by molar-refractivity contribution is 0.568. The summed E-state index contributed by atoms with van der Waals surface area (Å²) in [5.74, 6) is 1.63. The lowest BCUT2D eigenvalue weighted by Gasteiger charge is -2.19. The summed E-state index contributed by atoms with van der Waals surface area (Å²) in [6, 6.07) is 2.04. The van der Waals surface area contributed by atoms with Gasteiger partial charge in [0.1, 0.15) is 5.82 Å². The number of nitrogens with zero attached hydrogens (tertiary/aromatic N) is 4. The molecule has 0 fully saturated rings. The third kappa shape index (κ3) is 3.40. The molecule has 21 heavy (non-hydrogen) atoms. The highest BCUT2D eigenvalue weighted by Gasteiger charge is 2.20. The minimum Gasteiger partial charge on any atom is -0.370 e. The van der Waals surface area contributed by atoms with Crippen LogP contribution < -0.4 is 5.32 Å². The van der Waals surface area contributed by atoms with Crippen LogP contribution in [0.3, 0.4) is 0 Å². The average Bonchev–Trinajstić information content (AvgIpc) is 2.79. The molecule has 0 bridgehead atoms. The molecule has 2 heterocycles. The van der Waals surface area contributed by atoms with Crippen molar-refractivity contribution in [3.8, 4) is 11.4 Å². The Labute approximate surface area is 126 Å². The van der Waals surface area contributed by atoms with Gasteiger partial charge >= 0.3 is 0 Å². The molecule has 0 amide bonds. The van der Waals surface area contributed by atoms with Crippen LogP contribution >= 0.6 is 0 Å². The van der Waals surface area contributed by atoms with Crippen molar-refractivity contribution in [2.75, 3.05) is 11.9 Å². The number of hydrogen-bond acceptors (Lipinski definition) is 4. The van der Waals surface area contributed by atoms with Crippen LogP contribution in [-0.4, -0.2) is 26.3 Å². The van der Waals surface area contributed by atoms with Crippen molar-refractivity contribution >= 4 is 5.82 Å². The lowest BCUT2D eigenvalue weighted by atomic mass is 9.91. The van der Waals surface area contributed by atoms with Crippen LogP contribution in [0.2, 0.25) is 0 Å². The number of nitrogens with one attached hydrogen (secondary N) is 1. The molecular formula is C16H25N5. The van der Waals surface area contributed by atoms with E-state index in [4.69, 9.17) is 4.98 Å². The molecule has 1 N–H and O–H groups in total. The lowest BCUT2D eigenvalue weighted by Crippen LogP contribution is -2.16. The van der Waals surface area contributed by atoms with E-state index in [1.165, 1.54) is 0 Å². The zero-order valence-corrected chi connectivity index (χ0v) is 13.9. The molecule has 0 saturated carbocycles. The van der Waals surface area contributed by atoms with Gasteiger partial charge in [-0.15, -0.1) is 0 Å². The molecule has 114 valence electrons. The molecule has 0 spiro atoms. The summed E-state index contributed by atoms with van der Waals surface area (Å²) in [6.45, 7) is 11.5. The molecule has 2 rings (SSSR count). The van der Waals surface area contributed by atoms with Crippen LogP contribution in [0.15, 0.2) is 12.3 Å². The number of anilines is 1. The Hall–Kier alpha value is -1.91. The van der Waals surface area contributed by atoms with Crippen LogP contribution in [0.5, 0.6) is 0 Å². The van der Waals surface area contributed by atoms with Crippen molar-refractivity contribution < 1.29 is 0 Å². The van der Waals surface area contributed by atoms with E-state index in [9.17, 15) is 0 Å². The van der Waals surface area contributed by atoms with Gasteiger partial charge in [-0.25, -0.2) is 9.97 Å². The maximum atomic E-state index is 4.77. The van der Waals surface area contributed by atoms with Gasteiger partial charge in [-0.3, -0.25) is 4.68 Å². The second kappa shape index (κ2) is 5.84. The Morgan fingerprint density at radius 1 is 1.19 bits per heavy atom. The van der Waals surface area contributed by atoms with Crippen LogP contribution in [0.4, 0.5) is 5.82 Å². The zero-order chi connectivity index (χ0) is 15.6. The van der Waals surface area contributed by atoms with Crippen molar-refractivity contribution in [1.82, 2.24) is 19.7 Å². The van der Waals surface area contributed by atoms with Gasteiger partial charge in [0.2, 0.25) is 0 Å². The Morgan fingerprint density at radius 2 is 1.90 bits per heavy atom. The predicted octanol–water partition coefficient (Wildman–Crippen LogP) is 3.17. The van der Waals surface area contributed by atoms with Crippen LogP contribution in [0.1, 0.15) is 46.0 Å². The highest BCUT2D eigenvalue weighted by molar-refractivity contribution is 5.60. The summed E-state index contributed by atoms with van der Waals surface area (Å²) < 4.78 is 1.83. The van der Waals surface area contributed by atoms with E-state index in [0.29, 0.717) is 0 Å². The van der Waals surface area contributed by atoms with Crippen LogP contribution in [0.25, 0.3) is 11.4 Å². The summed E-state index contributed by atoms with van der Waals surface area (Å²) in [7, 11) is 1.93. The quantitative estimate of drug-likeness (QED) is 0.938. The molecule has 5 heteroatoms. The molecule has 0 aliphatic rings. The first-order valence-corrected chi connectivity index (χ1v) is 7.51. The molecule has 0 atom stereocenters. The molecular weight excluding hydrogens is 262 g/mol. The second-order valence-corrected chi connectivity index (χ2v) is 6.26. The maximum absolute atomic E-state index is 4.77. The average molecular weight is 287 g/mol. The molecule has 0 aliphatic carbocycles. The van der Waals surface area contributed by atoms with E-state index in [1.54, 1.807) is 0 Å². The first-order chi connectivity index (χ1) is 9.85. The zero-order valence-electron chi connectivity index (χ0n) is 13.9. The van der Waals surface area contributed by atoms with E-state index in [-0.39, 0.29) is 5.41 Å². The highest BCUT2D eigenvalue weighted by atomic mass is 15.3. The summed E-state index contributed by atoms with van der Waals surface area (Å²) in [4.78, 5) is 9.43. The van der Waals surface area contributed by atoms with Crippen molar-refractivity contribution in [3.05, 3.63) is 23.7 Å². The van der Waals surface area contributed by atoms with Gasteiger partial charge in [0.25, 0.3) is 0 Å². The largest absolute Gasteiger partial charge is 0.370 e. The molecule has 0 aromatic carbocycles. The fourth-order valence-electron chi connectivity index (χ4n) is 2.21. The topological polar surface area (TPSA) is 55.6 Å². The van der Waals surface area contributed by atoms with E-state index >= 15 is 0 Å². The Kier molecular flexibility index (Phi) is 4.30. The normalized spacial score (nSPS) is 11.7. The molecule has 2 aromatic heterocycles. The number of aryl methyl sites for hydroxylation is 2. The second-order valence-electron chi connectivity index (χ2n) is 6.26. The summed E-state index contributed by atoms with van der Waals surface area (Å²) >= 11 is 0. The van der Waals surface area contributed by atoms with Crippen molar-refractivity contribution in [2.45, 2.75) is 46.5 Å². The van der Waals surface area contributed by atoms with Gasteiger partial charge in [0.05, 0.1) is 17.0 Å². The van der Waals surface area contributed by atoms with E-state index in [1.807, 2.05) is 24.0 Å². The number of rotatable bonds is 4. The van der Waals surface area contributed by atoms with Crippen molar-refractivity contribution in [3.63, 3.8) is 0 Å². The van der Waals surface area contributed by atoms with Crippen LogP contribution in [0, 0.1) is 0 Å². The molecule has 0 unspecified atom stereocenters. The minimum atomic E-state index is -0.0174. The third-order valence-electron chi connectivity index (χ3n) is 3.33. The summed E-state index contributed by atoms with van der Waals surface area (Å²) in [5, 5.41) is 7.79. The minimum absolute atomic E-state index is 0.0174. The molecule has 0 aliphatic heterocycles. The summed E-state index contributed by atoms with van der Waals surface area (Å²) in [5.41, 5.74) is 3.07. The fourth-order valence-corrected chi connectivity index (χ4v) is 2.21. The summed E-state index contributed by atoms with van der Waals surface area (Å²) in [6.07, 6.45) is 2.87. The first kappa shape index (κ1) is 15.5. The first-order valence-electron chi connectivity index (χ1n) is 7.51. The van der Waals surface area contributed by atoms with E-state index in [2.05, 4.69) is 50.0 Å². The Morgan fingerprint density at radius 3 is 2.48 bits per heavy atom. The number of hydrogen-bond donors (Lipinski definition) is 1. The molecule has 2 aromatic rings. The van der Waals surface area contributed by atoms with Crippen LogP contribution in [-0.2, 0) is 18.9 Å². The van der Waals surface area contributed by atoms with E-state index < -0.39 is 0 Å². The third-order valence-corrected chi connectivity index (χ3v) is 3.33. The van der Waals surface area contributed by atoms with Gasteiger partial charge in [-0.1, -0.05) is 27.7 Å². The molecule has 5 nitrogen and oxygen atoms in total. The highest BCUT2D eigenvalue weighted by Crippen LogP contribution is 2.27. The Bertz CT molecular complexity index is 622. The van der Waals surface area contributed by atoms with E-state index in [0.717, 1.165) is 41.6 Å². The van der Waals surface area contributed by atoms with Gasteiger partial charge in [-0.05, 0) is 13.3 Å². The number of aromatic nitrogens is 4. The van der Waals surface area contributed by atoms with Crippen molar-refractivity contribution in [1.29, 1.82) is 0 Å². The molecule has 0 radical (unpaired) electrons. The monoisotopic (exact) mass is 287 g/mol. The maximum Gasteiger partial charge on any atom is 0.165 e. The van der Waals surface area contributed by atoms with Gasteiger partial charge in [0.15, 0.2) is 5.82 Å². The van der Waals surface area contributed by atoms with Gasteiger partial charge in [-0.2, -0.15) is 5.10 Å². The SMILES string of the molecule is CCNc1cc(C(C)(C)C)nc(-c2cn(C)nc2CC)n1. The smallest absolute Gasteiger partial charge is 0.165 e. The van der Waals surface area contributed by atoms with Gasteiger partial charge < -0.3 is 5.32 Å². The Balaban J connectivity index is 2.59. The predicted molar refractivity (Wildman–Crippen MR) is 86.5 cm³/mol. The fraction of sp³-hybridized carbons (Fsp3) is 0.562. The standard InChI is InChI=1S/C16H25N5/c1-7-12-11(10-21(6)20-12)15-18-13(16(3,4)5)9-14(19-15)17-8-2/h9-10H,7-8H2,1-6H3,(H,17,18,19).